The lowest BCUT2D eigenvalue weighted by atomic mass is 10.1. The molecule has 0 heterocycles. The maximum atomic E-state index is 11.8. The SMILES string of the molecule is CCOC(=O)C(C)OC(=O)c1ccc(N)c(C)c1. The van der Waals surface area contributed by atoms with Crippen LogP contribution in [0.5, 0.6) is 0 Å². The molecular formula is C13H17NO4. The van der Waals surface area contributed by atoms with E-state index in [-0.39, 0.29) is 6.61 Å². The van der Waals surface area contributed by atoms with E-state index in [0.29, 0.717) is 11.3 Å². The third kappa shape index (κ3) is 3.48. The van der Waals surface area contributed by atoms with E-state index in [1.54, 1.807) is 32.0 Å². The molecule has 0 aliphatic heterocycles. The average molecular weight is 251 g/mol. The number of hydrogen-bond donors (Lipinski definition) is 1. The highest BCUT2D eigenvalue weighted by Gasteiger charge is 2.19. The van der Waals surface area contributed by atoms with Gasteiger partial charge in [-0.3, -0.25) is 0 Å². The van der Waals surface area contributed by atoms with E-state index in [4.69, 9.17) is 15.2 Å². The number of nitrogens with two attached hydrogens (primary N) is 1. The number of nitrogen functional groups attached to an aromatic ring is 1. The van der Waals surface area contributed by atoms with Crippen molar-refractivity contribution in [3.8, 4) is 0 Å². The van der Waals surface area contributed by atoms with Crippen LogP contribution >= 0.6 is 0 Å². The van der Waals surface area contributed by atoms with Crippen molar-refractivity contribution in [1.82, 2.24) is 0 Å². The summed E-state index contributed by atoms with van der Waals surface area (Å²) in [5, 5.41) is 0. The standard InChI is InChI=1S/C13H17NO4/c1-4-17-12(15)9(3)18-13(16)10-5-6-11(14)8(2)7-10/h5-7,9H,4,14H2,1-3H3. The van der Waals surface area contributed by atoms with Crippen LogP contribution < -0.4 is 5.73 Å². The van der Waals surface area contributed by atoms with Gasteiger partial charge < -0.3 is 15.2 Å². The summed E-state index contributed by atoms with van der Waals surface area (Å²) in [6.45, 7) is 5.21. The molecule has 0 radical (unpaired) electrons. The van der Waals surface area contributed by atoms with E-state index >= 15 is 0 Å². The molecule has 98 valence electrons. The van der Waals surface area contributed by atoms with E-state index in [1.165, 1.54) is 6.92 Å². The molecule has 18 heavy (non-hydrogen) atoms. The molecule has 5 nitrogen and oxygen atoms in total. The number of carbonyl (C=O) groups is 2. The van der Waals surface area contributed by atoms with Crippen LogP contribution in [0.3, 0.4) is 0 Å². The molecule has 1 unspecified atom stereocenters. The van der Waals surface area contributed by atoms with Crippen LogP contribution in [0.1, 0.15) is 29.8 Å². The highest BCUT2D eigenvalue weighted by Crippen LogP contribution is 2.14. The number of anilines is 1. The molecule has 0 saturated carbocycles. The molecule has 0 saturated heterocycles. The van der Waals surface area contributed by atoms with Gasteiger partial charge in [-0.2, -0.15) is 0 Å². The van der Waals surface area contributed by atoms with Crippen LogP contribution in [0.2, 0.25) is 0 Å². The second kappa shape index (κ2) is 6.05. The number of benzene rings is 1. The van der Waals surface area contributed by atoms with Gasteiger partial charge in [-0.15, -0.1) is 0 Å². The smallest absolute Gasteiger partial charge is 0.347 e. The molecule has 5 heteroatoms. The number of esters is 2. The lowest BCUT2D eigenvalue weighted by molar-refractivity contribution is -0.152. The van der Waals surface area contributed by atoms with E-state index in [0.717, 1.165) is 5.56 Å². The maximum Gasteiger partial charge on any atom is 0.347 e. The van der Waals surface area contributed by atoms with Crippen LogP contribution in [0.25, 0.3) is 0 Å². The lowest BCUT2D eigenvalue weighted by Gasteiger charge is -2.12. The molecule has 0 fully saturated rings. The summed E-state index contributed by atoms with van der Waals surface area (Å²) >= 11 is 0. The fourth-order valence-electron chi connectivity index (χ4n) is 1.34. The zero-order valence-corrected chi connectivity index (χ0v) is 10.7. The van der Waals surface area contributed by atoms with Gasteiger partial charge in [0, 0.05) is 5.69 Å². The first-order valence-corrected chi connectivity index (χ1v) is 5.69. The second-order valence-electron chi connectivity index (χ2n) is 3.87. The molecule has 0 aliphatic rings. The number of rotatable bonds is 4. The van der Waals surface area contributed by atoms with Crippen molar-refractivity contribution < 1.29 is 19.1 Å². The summed E-state index contributed by atoms with van der Waals surface area (Å²) in [7, 11) is 0. The summed E-state index contributed by atoms with van der Waals surface area (Å²) in [6, 6.07) is 4.80. The van der Waals surface area contributed by atoms with Crippen LogP contribution in [-0.4, -0.2) is 24.6 Å². The Morgan fingerprint density at radius 2 is 2.06 bits per heavy atom. The molecule has 0 bridgehead atoms. The third-order valence-corrected chi connectivity index (χ3v) is 2.41. The maximum absolute atomic E-state index is 11.8. The largest absolute Gasteiger partial charge is 0.463 e. The van der Waals surface area contributed by atoms with Crippen molar-refractivity contribution in [2.75, 3.05) is 12.3 Å². The zero-order chi connectivity index (χ0) is 13.7. The normalized spacial score (nSPS) is 11.7. The van der Waals surface area contributed by atoms with E-state index in [2.05, 4.69) is 0 Å². The summed E-state index contributed by atoms with van der Waals surface area (Å²) in [5.41, 5.74) is 7.40. The topological polar surface area (TPSA) is 78.6 Å². The Kier molecular flexibility index (Phi) is 4.71. The van der Waals surface area contributed by atoms with Gasteiger partial charge in [0.2, 0.25) is 0 Å². The minimum Gasteiger partial charge on any atom is -0.463 e. The predicted molar refractivity (Wildman–Crippen MR) is 67.1 cm³/mol. The zero-order valence-electron chi connectivity index (χ0n) is 10.7. The van der Waals surface area contributed by atoms with E-state index in [9.17, 15) is 9.59 Å². The van der Waals surface area contributed by atoms with Gasteiger partial charge >= 0.3 is 11.9 Å². The minimum atomic E-state index is -0.921. The summed E-state index contributed by atoms with van der Waals surface area (Å²) in [4.78, 5) is 23.1. The quantitative estimate of drug-likeness (QED) is 0.650. The highest BCUT2D eigenvalue weighted by atomic mass is 16.6. The Morgan fingerprint density at radius 3 is 2.61 bits per heavy atom. The molecule has 1 aromatic carbocycles. The summed E-state index contributed by atoms with van der Waals surface area (Å²) in [5.74, 6) is -1.13. The van der Waals surface area contributed by atoms with Crippen LogP contribution in [0, 0.1) is 6.92 Å². The van der Waals surface area contributed by atoms with Crippen molar-refractivity contribution in [2.24, 2.45) is 0 Å². The Morgan fingerprint density at radius 1 is 1.39 bits per heavy atom. The predicted octanol–water partition coefficient (Wildman–Crippen LogP) is 1.69. The van der Waals surface area contributed by atoms with Gasteiger partial charge in [0.25, 0.3) is 0 Å². The number of ether oxygens (including phenoxy) is 2. The first-order valence-electron chi connectivity index (χ1n) is 5.69. The number of hydrogen-bond acceptors (Lipinski definition) is 5. The van der Waals surface area contributed by atoms with Crippen molar-refractivity contribution >= 4 is 17.6 Å². The van der Waals surface area contributed by atoms with E-state index in [1.807, 2.05) is 0 Å². The van der Waals surface area contributed by atoms with Crippen LogP contribution in [0.4, 0.5) is 5.69 Å². The molecule has 0 spiro atoms. The highest BCUT2D eigenvalue weighted by molar-refractivity contribution is 5.92. The molecule has 1 atom stereocenters. The van der Waals surface area contributed by atoms with E-state index < -0.39 is 18.0 Å². The molecule has 1 rings (SSSR count). The van der Waals surface area contributed by atoms with Gasteiger partial charge in [-0.05, 0) is 44.5 Å². The van der Waals surface area contributed by atoms with Crippen LogP contribution in [-0.2, 0) is 14.3 Å². The fraction of sp³-hybridized carbons (Fsp3) is 0.385. The number of aryl methyl sites for hydroxylation is 1. The summed E-state index contributed by atoms with van der Waals surface area (Å²) in [6.07, 6.45) is -0.921. The van der Waals surface area contributed by atoms with Gasteiger partial charge in [0.05, 0.1) is 12.2 Å². The second-order valence-corrected chi connectivity index (χ2v) is 3.87. The lowest BCUT2D eigenvalue weighted by Crippen LogP contribution is -2.26. The van der Waals surface area contributed by atoms with Gasteiger partial charge in [-0.25, -0.2) is 9.59 Å². The first-order chi connectivity index (χ1) is 8.45. The van der Waals surface area contributed by atoms with Gasteiger partial charge in [0.1, 0.15) is 0 Å². The van der Waals surface area contributed by atoms with Crippen molar-refractivity contribution in [3.63, 3.8) is 0 Å². The van der Waals surface area contributed by atoms with Crippen molar-refractivity contribution in [3.05, 3.63) is 29.3 Å². The molecule has 0 amide bonds. The fourth-order valence-corrected chi connectivity index (χ4v) is 1.34. The Bertz CT molecular complexity index is 456. The first kappa shape index (κ1) is 14.0. The Hall–Kier alpha value is -2.04. The monoisotopic (exact) mass is 251 g/mol. The molecule has 2 N–H and O–H groups in total. The average Bonchev–Trinajstić information content (AvgIpc) is 2.32. The Balaban J connectivity index is 2.70. The van der Waals surface area contributed by atoms with Crippen molar-refractivity contribution in [1.29, 1.82) is 0 Å². The molecule has 0 aromatic heterocycles. The summed E-state index contributed by atoms with van der Waals surface area (Å²) < 4.78 is 9.74. The third-order valence-electron chi connectivity index (χ3n) is 2.41. The molecule has 0 aliphatic carbocycles. The molecular weight excluding hydrogens is 234 g/mol. The minimum absolute atomic E-state index is 0.252. The van der Waals surface area contributed by atoms with Crippen LogP contribution in [0.15, 0.2) is 18.2 Å². The van der Waals surface area contributed by atoms with Gasteiger partial charge in [-0.1, -0.05) is 0 Å². The Labute approximate surface area is 106 Å². The number of carbonyl (C=O) groups excluding carboxylic acids is 2. The molecule has 1 aromatic rings. The van der Waals surface area contributed by atoms with Crippen molar-refractivity contribution in [2.45, 2.75) is 26.9 Å². The van der Waals surface area contributed by atoms with Gasteiger partial charge in [0.15, 0.2) is 6.10 Å².